The summed E-state index contributed by atoms with van der Waals surface area (Å²) in [5.41, 5.74) is 12.2. The molecule has 0 aliphatic rings. The van der Waals surface area contributed by atoms with Crippen LogP contribution in [0.15, 0.2) is 192 Å². The lowest BCUT2D eigenvalue weighted by Gasteiger charge is -2.27. The van der Waals surface area contributed by atoms with Crippen molar-refractivity contribution >= 4 is 49.8 Å². The quantitative estimate of drug-likeness (QED) is 0.185. The summed E-state index contributed by atoms with van der Waals surface area (Å²) < 4.78 is 6.75. The van der Waals surface area contributed by atoms with Crippen LogP contribution in [-0.4, -0.2) is 0 Å². The normalized spacial score (nSPS) is 11.3. The lowest BCUT2D eigenvalue weighted by Crippen LogP contribution is -2.10. The Labute approximate surface area is 279 Å². The van der Waals surface area contributed by atoms with Crippen molar-refractivity contribution in [3.63, 3.8) is 0 Å². The third-order valence-corrected chi connectivity index (χ3v) is 9.23. The maximum absolute atomic E-state index is 6.75. The predicted molar refractivity (Wildman–Crippen MR) is 202 cm³/mol. The van der Waals surface area contributed by atoms with Gasteiger partial charge in [0.25, 0.3) is 0 Å². The SMILES string of the molecule is c1ccc(-c2cccc(-c3cccc4oc5c6ccccc6c(N(c6ccccc6)c6cccc(-c7ccccc7)c6)cc5c34)c2)cc1. The van der Waals surface area contributed by atoms with Gasteiger partial charge in [0, 0.05) is 32.9 Å². The van der Waals surface area contributed by atoms with E-state index in [1.54, 1.807) is 0 Å². The number of furan rings is 1. The molecule has 1 aromatic heterocycles. The van der Waals surface area contributed by atoms with Gasteiger partial charge in [-0.3, -0.25) is 0 Å². The van der Waals surface area contributed by atoms with E-state index in [1.165, 1.54) is 22.3 Å². The fourth-order valence-electron chi connectivity index (χ4n) is 7.01. The van der Waals surface area contributed by atoms with Gasteiger partial charge in [0.1, 0.15) is 11.2 Å². The van der Waals surface area contributed by atoms with Gasteiger partial charge in [0.15, 0.2) is 0 Å². The van der Waals surface area contributed by atoms with Gasteiger partial charge in [-0.1, -0.05) is 146 Å². The van der Waals surface area contributed by atoms with E-state index in [4.69, 9.17) is 4.42 Å². The van der Waals surface area contributed by atoms with Crippen molar-refractivity contribution in [1.82, 2.24) is 0 Å². The molecule has 0 bridgehead atoms. The smallest absolute Gasteiger partial charge is 0.143 e. The zero-order chi connectivity index (χ0) is 31.9. The van der Waals surface area contributed by atoms with Crippen LogP contribution < -0.4 is 4.90 Å². The highest BCUT2D eigenvalue weighted by Gasteiger charge is 2.22. The molecule has 0 unspecified atom stereocenters. The summed E-state index contributed by atoms with van der Waals surface area (Å²) in [6.07, 6.45) is 0. The molecule has 9 rings (SSSR count). The molecule has 0 amide bonds. The number of para-hydroxylation sites is 1. The van der Waals surface area contributed by atoms with E-state index in [0.717, 1.165) is 60.9 Å². The van der Waals surface area contributed by atoms with Crippen molar-refractivity contribution in [2.24, 2.45) is 0 Å². The number of rotatable bonds is 6. The number of hydrogen-bond donors (Lipinski definition) is 0. The summed E-state index contributed by atoms with van der Waals surface area (Å²) in [7, 11) is 0. The van der Waals surface area contributed by atoms with E-state index in [0.29, 0.717) is 0 Å². The van der Waals surface area contributed by atoms with Crippen molar-refractivity contribution in [3.05, 3.63) is 188 Å². The zero-order valence-electron chi connectivity index (χ0n) is 26.3. The van der Waals surface area contributed by atoms with Crippen molar-refractivity contribution < 1.29 is 4.42 Å². The first-order valence-corrected chi connectivity index (χ1v) is 16.4. The van der Waals surface area contributed by atoms with Gasteiger partial charge in [0.2, 0.25) is 0 Å². The molecule has 0 N–H and O–H groups in total. The van der Waals surface area contributed by atoms with Crippen LogP contribution in [0, 0.1) is 0 Å². The van der Waals surface area contributed by atoms with Crippen LogP contribution in [0.1, 0.15) is 0 Å². The molecular weight excluding hydrogens is 583 g/mol. The number of anilines is 3. The minimum Gasteiger partial charge on any atom is -0.455 e. The van der Waals surface area contributed by atoms with Crippen molar-refractivity contribution in [3.8, 4) is 33.4 Å². The molecule has 0 radical (unpaired) electrons. The molecule has 1 heterocycles. The van der Waals surface area contributed by atoms with Crippen molar-refractivity contribution in [2.75, 3.05) is 4.90 Å². The molecule has 0 aliphatic heterocycles. The molecule has 0 saturated heterocycles. The second-order valence-corrected chi connectivity index (χ2v) is 12.1. The fourth-order valence-corrected chi connectivity index (χ4v) is 7.01. The number of hydrogen-bond acceptors (Lipinski definition) is 2. The predicted octanol–water partition coefficient (Wildman–Crippen LogP) is 13.2. The van der Waals surface area contributed by atoms with E-state index in [2.05, 4.69) is 193 Å². The van der Waals surface area contributed by atoms with Gasteiger partial charge in [-0.05, 0) is 75.8 Å². The second-order valence-electron chi connectivity index (χ2n) is 12.1. The van der Waals surface area contributed by atoms with Crippen LogP contribution in [0.3, 0.4) is 0 Å². The van der Waals surface area contributed by atoms with Gasteiger partial charge in [-0.2, -0.15) is 0 Å². The zero-order valence-corrected chi connectivity index (χ0v) is 26.3. The summed E-state index contributed by atoms with van der Waals surface area (Å²) in [5, 5.41) is 4.44. The van der Waals surface area contributed by atoms with Crippen LogP contribution in [0.2, 0.25) is 0 Å². The maximum Gasteiger partial charge on any atom is 0.143 e. The highest BCUT2D eigenvalue weighted by molar-refractivity contribution is 6.22. The Morgan fingerprint density at radius 3 is 1.62 bits per heavy atom. The van der Waals surface area contributed by atoms with Crippen LogP contribution in [0.25, 0.3) is 66.1 Å². The molecular formula is C46H31NO. The van der Waals surface area contributed by atoms with Crippen molar-refractivity contribution in [2.45, 2.75) is 0 Å². The third-order valence-electron chi connectivity index (χ3n) is 9.23. The Hall–Kier alpha value is -6.38. The minimum absolute atomic E-state index is 0.882. The minimum atomic E-state index is 0.882. The summed E-state index contributed by atoms with van der Waals surface area (Å²) in [6.45, 7) is 0. The Bertz CT molecular complexity index is 2550. The first kappa shape index (κ1) is 27.9. The molecule has 0 atom stereocenters. The lowest BCUT2D eigenvalue weighted by atomic mass is 9.95. The molecule has 9 aromatic rings. The van der Waals surface area contributed by atoms with Gasteiger partial charge in [0.05, 0.1) is 5.69 Å². The van der Waals surface area contributed by atoms with Crippen LogP contribution >= 0.6 is 0 Å². The molecule has 0 fully saturated rings. The van der Waals surface area contributed by atoms with Crippen LogP contribution in [0.5, 0.6) is 0 Å². The monoisotopic (exact) mass is 613 g/mol. The summed E-state index contributed by atoms with van der Waals surface area (Å²) in [4.78, 5) is 2.38. The summed E-state index contributed by atoms with van der Waals surface area (Å²) >= 11 is 0. The topological polar surface area (TPSA) is 16.4 Å². The largest absolute Gasteiger partial charge is 0.455 e. The maximum atomic E-state index is 6.75. The molecule has 226 valence electrons. The number of nitrogens with zero attached hydrogens (tertiary/aromatic N) is 1. The van der Waals surface area contributed by atoms with Crippen molar-refractivity contribution in [1.29, 1.82) is 0 Å². The standard InChI is InChI=1S/C46H31NO/c1-4-15-32(16-5-1)34-19-12-21-36(29-34)39-27-14-28-44-45(39)42-31-43(40-25-10-11-26-41(40)46(42)48-44)47(37-22-8-3-9-23-37)38-24-13-20-35(30-38)33-17-6-2-7-18-33/h1-31H. The van der Waals surface area contributed by atoms with E-state index < -0.39 is 0 Å². The summed E-state index contributed by atoms with van der Waals surface area (Å²) in [6, 6.07) is 66.8. The Balaban J connectivity index is 1.31. The highest BCUT2D eigenvalue weighted by atomic mass is 16.3. The van der Waals surface area contributed by atoms with Crippen LogP contribution in [-0.2, 0) is 0 Å². The van der Waals surface area contributed by atoms with Gasteiger partial charge in [-0.15, -0.1) is 0 Å². The van der Waals surface area contributed by atoms with Gasteiger partial charge < -0.3 is 9.32 Å². The van der Waals surface area contributed by atoms with E-state index >= 15 is 0 Å². The lowest BCUT2D eigenvalue weighted by molar-refractivity contribution is 0.673. The van der Waals surface area contributed by atoms with Gasteiger partial charge >= 0.3 is 0 Å². The third kappa shape index (κ3) is 4.83. The highest BCUT2D eigenvalue weighted by Crippen LogP contribution is 2.46. The van der Waals surface area contributed by atoms with E-state index in [1.807, 2.05) is 0 Å². The summed E-state index contributed by atoms with van der Waals surface area (Å²) in [5.74, 6) is 0. The van der Waals surface area contributed by atoms with E-state index in [9.17, 15) is 0 Å². The molecule has 2 heteroatoms. The first-order valence-electron chi connectivity index (χ1n) is 16.4. The number of benzene rings is 8. The molecule has 0 saturated carbocycles. The van der Waals surface area contributed by atoms with Crippen LogP contribution in [0.4, 0.5) is 17.1 Å². The molecule has 0 spiro atoms. The second kappa shape index (κ2) is 11.8. The number of fused-ring (bicyclic) bond motifs is 5. The fraction of sp³-hybridized carbons (Fsp3) is 0. The Kier molecular flexibility index (Phi) is 6.84. The van der Waals surface area contributed by atoms with Gasteiger partial charge in [-0.25, -0.2) is 0 Å². The van der Waals surface area contributed by atoms with E-state index in [-0.39, 0.29) is 0 Å². The molecule has 48 heavy (non-hydrogen) atoms. The Morgan fingerprint density at radius 1 is 0.354 bits per heavy atom. The average molecular weight is 614 g/mol. The average Bonchev–Trinajstić information content (AvgIpc) is 3.55. The molecule has 2 nitrogen and oxygen atoms in total. The molecule has 0 aliphatic carbocycles. The molecule has 8 aromatic carbocycles. The Morgan fingerprint density at radius 2 is 0.896 bits per heavy atom. The first-order chi connectivity index (χ1) is 23.8.